The molecule has 5 nitrogen and oxygen atoms in total. The molecule has 0 atom stereocenters. The van der Waals surface area contributed by atoms with Crippen LogP contribution in [0, 0.1) is 11.3 Å². The number of nitrogens with zero attached hydrogens (tertiary/aromatic N) is 3. The number of halogens is 1. The Kier molecular flexibility index (Phi) is 8.70. The molecule has 0 unspecified atom stereocenters. The molecule has 158 valence electrons. The van der Waals surface area contributed by atoms with Crippen LogP contribution in [-0.4, -0.2) is 61.5 Å². The Labute approximate surface area is 183 Å². The number of rotatable bonds is 10. The van der Waals surface area contributed by atoms with Gasteiger partial charge in [0.15, 0.2) is 5.78 Å². The molecule has 0 radical (unpaired) electrons. The van der Waals surface area contributed by atoms with E-state index in [2.05, 4.69) is 15.9 Å². The summed E-state index contributed by atoms with van der Waals surface area (Å²) >= 11 is 5.88. The largest absolute Gasteiger partial charge is 0.494 e. The maximum atomic E-state index is 12.5. The first-order valence-electron chi connectivity index (χ1n) is 10.5. The summed E-state index contributed by atoms with van der Waals surface area (Å²) in [5.74, 6) is 0.767. The van der Waals surface area contributed by atoms with E-state index in [1.54, 1.807) is 36.4 Å². The van der Waals surface area contributed by atoms with Gasteiger partial charge in [-0.1, -0.05) is 11.6 Å². The Bertz CT molecular complexity index is 838. The van der Waals surface area contributed by atoms with E-state index in [9.17, 15) is 4.79 Å². The first kappa shape index (κ1) is 22.3. The average Bonchev–Trinajstić information content (AvgIpc) is 2.78. The van der Waals surface area contributed by atoms with E-state index in [0.29, 0.717) is 29.3 Å². The third-order valence-electron chi connectivity index (χ3n) is 5.37. The van der Waals surface area contributed by atoms with Crippen molar-refractivity contribution in [2.24, 2.45) is 0 Å². The molecule has 1 heterocycles. The van der Waals surface area contributed by atoms with Crippen molar-refractivity contribution in [3.8, 4) is 11.8 Å². The summed E-state index contributed by atoms with van der Waals surface area (Å²) in [6.45, 7) is 6.43. The zero-order chi connectivity index (χ0) is 21.2. The van der Waals surface area contributed by atoms with Crippen molar-refractivity contribution in [2.75, 3.05) is 45.9 Å². The second kappa shape index (κ2) is 11.7. The molecule has 1 fully saturated rings. The smallest absolute Gasteiger partial charge is 0.193 e. The maximum Gasteiger partial charge on any atom is 0.193 e. The first-order chi connectivity index (χ1) is 14.7. The second-order valence-electron chi connectivity index (χ2n) is 7.55. The van der Waals surface area contributed by atoms with Gasteiger partial charge in [0.05, 0.1) is 19.2 Å². The molecule has 1 aliphatic heterocycles. The van der Waals surface area contributed by atoms with Gasteiger partial charge in [-0.05, 0) is 74.3 Å². The van der Waals surface area contributed by atoms with Crippen molar-refractivity contribution < 1.29 is 9.53 Å². The zero-order valence-corrected chi connectivity index (χ0v) is 18.0. The fourth-order valence-corrected chi connectivity index (χ4v) is 3.67. The van der Waals surface area contributed by atoms with Crippen LogP contribution in [0.4, 0.5) is 0 Å². The number of ether oxygens (including phenoxy) is 1. The molecule has 2 aromatic rings. The number of carbonyl (C=O) groups is 1. The van der Waals surface area contributed by atoms with Gasteiger partial charge in [-0.25, -0.2) is 0 Å². The molecule has 1 saturated heterocycles. The van der Waals surface area contributed by atoms with E-state index in [4.69, 9.17) is 21.6 Å². The van der Waals surface area contributed by atoms with Gasteiger partial charge in [0, 0.05) is 42.3 Å². The standard InChI is InChI=1S/C24H28ClN3O2/c25-22-8-4-20(5-9-22)24(29)21-6-10-23(11-7-21)30-19-3-1-2-13-27-15-17-28(14-12-26)18-16-27/h4-11H,1-3,13-19H2. The van der Waals surface area contributed by atoms with Crippen LogP contribution >= 0.6 is 11.6 Å². The maximum absolute atomic E-state index is 12.5. The van der Waals surface area contributed by atoms with E-state index in [-0.39, 0.29) is 5.78 Å². The molecule has 0 bridgehead atoms. The lowest BCUT2D eigenvalue weighted by Gasteiger charge is -2.33. The lowest BCUT2D eigenvalue weighted by Crippen LogP contribution is -2.46. The minimum atomic E-state index is -0.0216. The second-order valence-corrected chi connectivity index (χ2v) is 7.98. The lowest BCUT2D eigenvalue weighted by atomic mass is 10.0. The molecule has 30 heavy (non-hydrogen) atoms. The fourth-order valence-electron chi connectivity index (χ4n) is 3.55. The van der Waals surface area contributed by atoms with E-state index >= 15 is 0 Å². The minimum Gasteiger partial charge on any atom is -0.494 e. The SMILES string of the molecule is N#CCN1CCN(CCCCCOc2ccc(C(=O)c3ccc(Cl)cc3)cc2)CC1. The van der Waals surface area contributed by atoms with Gasteiger partial charge in [0.25, 0.3) is 0 Å². The molecule has 0 aliphatic carbocycles. The average molecular weight is 426 g/mol. The summed E-state index contributed by atoms with van der Waals surface area (Å²) in [6.07, 6.45) is 3.31. The highest BCUT2D eigenvalue weighted by Crippen LogP contribution is 2.17. The van der Waals surface area contributed by atoms with Gasteiger partial charge in [0.1, 0.15) is 5.75 Å². The lowest BCUT2D eigenvalue weighted by molar-refractivity contribution is 0.103. The Morgan fingerprint density at radius 3 is 2.13 bits per heavy atom. The van der Waals surface area contributed by atoms with Crippen LogP contribution < -0.4 is 4.74 Å². The monoisotopic (exact) mass is 425 g/mol. The molecule has 0 aromatic heterocycles. The summed E-state index contributed by atoms with van der Waals surface area (Å²) in [4.78, 5) is 17.2. The van der Waals surface area contributed by atoms with Crippen LogP contribution in [0.2, 0.25) is 5.02 Å². The number of piperazine rings is 1. The van der Waals surface area contributed by atoms with Crippen LogP contribution in [0.5, 0.6) is 5.75 Å². The number of hydrogen-bond donors (Lipinski definition) is 0. The van der Waals surface area contributed by atoms with Crippen molar-refractivity contribution in [2.45, 2.75) is 19.3 Å². The molecule has 3 rings (SSSR count). The van der Waals surface area contributed by atoms with Gasteiger partial charge in [-0.2, -0.15) is 5.26 Å². The highest BCUT2D eigenvalue weighted by molar-refractivity contribution is 6.30. The topological polar surface area (TPSA) is 56.6 Å². The Balaban J connectivity index is 1.31. The van der Waals surface area contributed by atoms with E-state index < -0.39 is 0 Å². The quantitative estimate of drug-likeness (QED) is 0.323. The van der Waals surface area contributed by atoms with E-state index in [1.165, 1.54) is 0 Å². The van der Waals surface area contributed by atoms with Gasteiger partial charge in [0.2, 0.25) is 0 Å². The van der Waals surface area contributed by atoms with Gasteiger partial charge in [-0.3, -0.25) is 9.69 Å². The molecule has 0 N–H and O–H groups in total. The Morgan fingerprint density at radius 2 is 1.50 bits per heavy atom. The number of hydrogen-bond acceptors (Lipinski definition) is 5. The van der Waals surface area contributed by atoms with Crippen LogP contribution in [0.25, 0.3) is 0 Å². The molecule has 0 saturated carbocycles. The van der Waals surface area contributed by atoms with Gasteiger partial charge >= 0.3 is 0 Å². The molecule has 1 aliphatic rings. The van der Waals surface area contributed by atoms with Crippen LogP contribution in [0.3, 0.4) is 0 Å². The molecular formula is C24H28ClN3O2. The highest BCUT2D eigenvalue weighted by atomic mass is 35.5. The summed E-state index contributed by atoms with van der Waals surface area (Å²) in [5.41, 5.74) is 1.26. The van der Waals surface area contributed by atoms with Crippen LogP contribution in [-0.2, 0) is 0 Å². The van der Waals surface area contributed by atoms with Gasteiger partial charge < -0.3 is 9.64 Å². The summed E-state index contributed by atoms with van der Waals surface area (Å²) in [6, 6.07) is 16.5. The number of unbranched alkanes of at least 4 members (excludes halogenated alkanes) is 2. The van der Waals surface area contributed by atoms with E-state index in [0.717, 1.165) is 57.7 Å². The fraction of sp³-hybridized carbons (Fsp3) is 0.417. The molecule has 0 amide bonds. The molecular weight excluding hydrogens is 398 g/mol. The predicted octanol–water partition coefficient (Wildman–Crippen LogP) is 4.26. The Hall–Kier alpha value is -2.39. The van der Waals surface area contributed by atoms with Crippen LogP contribution in [0.15, 0.2) is 48.5 Å². The highest BCUT2D eigenvalue weighted by Gasteiger charge is 2.15. The number of ketones is 1. The van der Waals surface area contributed by atoms with Crippen LogP contribution in [0.1, 0.15) is 35.2 Å². The Morgan fingerprint density at radius 1 is 0.900 bits per heavy atom. The van der Waals surface area contributed by atoms with Gasteiger partial charge in [-0.15, -0.1) is 0 Å². The molecule has 0 spiro atoms. The summed E-state index contributed by atoms with van der Waals surface area (Å²) < 4.78 is 5.82. The van der Waals surface area contributed by atoms with Crippen molar-refractivity contribution in [1.29, 1.82) is 5.26 Å². The normalized spacial score (nSPS) is 14.9. The number of benzene rings is 2. The molecule has 6 heteroatoms. The van der Waals surface area contributed by atoms with Crippen molar-refractivity contribution in [3.05, 3.63) is 64.7 Å². The number of carbonyl (C=O) groups excluding carboxylic acids is 1. The first-order valence-corrected chi connectivity index (χ1v) is 10.9. The summed E-state index contributed by atoms with van der Waals surface area (Å²) in [7, 11) is 0. The minimum absolute atomic E-state index is 0.0216. The van der Waals surface area contributed by atoms with Crippen molar-refractivity contribution >= 4 is 17.4 Å². The zero-order valence-electron chi connectivity index (χ0n) is 17.2. The summed E-state index contributed by atoms with van der Waals surface area (Å²) in [5, 5.41) is 9.37. The van der Waals surface area contributed by atoms with E-state index in [1.807, 2.05) is 12.1 Å². The predicted molar refractivity (Wildman–Crippen MR) is 119 cm³/mol. The van der Waals surface area contributed by atoms with Crippen molar-refractivity contribution in [3.63, 3.8) is 0 Å². The molecule has 2 aromatic carbocycles. The van der Waals surface area contributed by atoms with Crippen molar-refractivity contribution in [1.82, 2.24) is 9.80 Å². The number of nitriles is 1. The third kappa shape index (κ3) is 6.84. The third-order valence-corrected chi connectivity index (χ3v) is 5.62.